The third-order valence-electron chi connectivity index (χ3n) is 3.85. The molecule has 2 fully saturated rings. The molecule has 2 saturated heterocycles. The molecular formula is C13H16BrNO2. The van der Waals surface area contributed by atoms with Gasteiger partial charge in [0.25, 0.3) is 0 Å². The average Bonchev–Trinajstić information content (AvgIpc) is 2.94. The van der Waals surface area contributed by atoms with Gasteiger partial charge in [-0.2, -0.15) is 0 Å². The van der Waals surface area contributed by atoms with Crippen LogP contribution < -0.4 is 0 Å². The fraction of sp³-hybridized carbons (Fsp3) is 0.615. The molecule has 2 bridgehead atoms. The van der Waals surface area contributed by atoms with Gasteiger partial charge in [-0.05, 0) is 47.3 Å². The monoisotopic (exact) mass is 297 g/mol. The molecule has 0 saturated carbocycles. The maximum atomic E-state index is 10.3. The summed E-state index contributed by atoms with van der Waals surface area (Å²) >= 11 is 3.36. The molecule has 0 radical (unpaired) electrons. The second kappa shape index (κ2) is 4.67. The maximum absolute atomic E-state index is 10.3. The number of fused-ring (bicyclic) bond motifs is 2. The minimum absolute atomic E-state index is 0.283. The van der Waals surface area contributed by atoms with Crippen molar-refractivity contribution in [2.24, 2.45) is 5.92 Å². The van der Waals surface area contributed by atoms with Crippen molar-refractivity contribution >= 4 is 15.9 Å². The molecule has 17 heavy (non-hydrogen) atoms. The molecule has 3 heterocycles. The summed E-state index contributed by atoms with van der Waals surface area (Å²) in [4.78, 5) is 4.30. The molecule has 3 nitrogen and oxygen atoms in total. The van der Waals surface area contributed by atoms with Gasteiger partial charge in [-0.3, -0.25) is 4.98 Å². The minimum Gasteiger partial charge on any atom is -0.392 e. The predicted molar refractivity (Wildman–Crippen MR) is 67.6 cm³/mol. The number of hydrogen-bond acceptors (Lipinski definition) is 3. The van der Waals surface area contributed by atoms with Crippen molar-refractivity contribution < 1.29 is 9.84 Å². The van der Waals surface area contributed by atoms with Crippen LogP contribution in [0.5, 0.6) is 0 Å². The molecule has 0 amide bonds. The number of nitrogens with zero attached hydrogens (tertiary/aromatic N) is 1. The highest BCUT2D eigenvalue weighted by Gasteiger charge is 2.43. The Morgan fingerprint density at radius 2 is 2.35 bits per heavy atom. The summed E-state index contributed by atoms with van der Waals surface area (Å²) in [6, 6.07) is 3.92. The second-order valence-electron chi connectivity index (χ2n) is 5.01. The summed E-state index contributed by atoms with van der Waals surface area (Å²) in [6.45, 7) is 0. The fourth-order valence-corrected chi connectivity index (χ4v) is 3.21. The molecule has 92 valence electrons. The summed E-state index contributed by atoms with van der Waals surface area (Å²) < 4.78 is 6.75. The van der Waals surface area contributed by atoms with Gasteiger partial charge in [-0.25, -0.2) is 0 Å². The van der Waals surface area contributed by atoms with Crippen molar-refractivity contribution in [2.45, 2.75) is 44.0 Å². The van der Waals surface area contributed by atoms with E-state index in [4.69, 9.17) is 4.74 Å². The Hall–Kier alpha value is -0.450. The topological polar surface area (TPSA) is 42.4 Å². The van der Waals surface area contributed by atoms with Crippen LogP contribution in [-0.2, 0) is 11.2 Å². The van der Waals surface area contributed by atoms with Crippen LogP contribution in [0.25, 0.3) is 0 Å². The molecule has 3 rings (SSSR count). The first kappa shape index (κ1) is 11.6. The normalized spacial score (nSPS) is 32.9. The summed E-state index contributed by atoms with van der Waals surface area (Å²) in [6.07, 6.45) is 6.07. The van der Waals surface area contributed by atoms with Crippen molar-refractivity contribution in [2.75, 3.05) is 0 Å². The first-order valence-corrected chi connectivity index (χ1v) is 6.95. The van der Waals surface area contributed by atoms with E-state index in [1.165, 1.54) is 6.42 Å². The predicted octanol–water partition coefficient (Wildman–Crippen LogP) is 2.32. The van der Waals surface area contributed by atoms with E-state index in [9.17, 15) is 5.11 Å². The van der Waals surface area contributed by atoms with Crippen LogP contribution in [0.4, 0.5) is 0 Å². The van der Waals surface area contributed by atoms with Gasteiger partial charge in [0.2, 0.25) is 0 Å². The number of halogens is 1. The van der Waals surface area contributed by atoms with Gasteiger partial charge in [0.05, 0.1) is 18.3 Å². The van der Waals surface area contributed by atoms with E-state index in [0.29, 0.717) is 18.4 Å². The first-order valence-electron chi connectivity index (χ1n) is 6.16. The number of aromatic nitrogens is 1. The van der Waals surface area contributed by atoms with Crippen LogP contribution in [0.15, 0.2) is 22.8 Å². The average molecular weight is 298 g/mol. The Morgan fingerprint density at radius 3 is 2.94 bits per heavy atom. The van der Waals surface area contributed by atoms with Crippen LogP contribution in [0.1, 0.15) is 25.0 Å². The lowest BCUT2D eigenvalue weighted by atomic mass is 9.83. The highest BCUT2D eigenvalue weighted by molar-refractivity contribution is 9.10. The van der Waals surface area contributed by atoms with Gasteiger partial charge in [-0.15, -0.1) is 0 Å². The van der Waals surface area contributed by atoms with Crippen molar-refractivity contribution in [3.8, 4) is 0 Å². The maximum Gasteiger partial charge on any atom is 0.0649 e. The summed E-state index contributed by atoms with van der Waals surface area (Å²) in [7, 11) is 0. The Bertz CT molecular complexity index is 395. The third kappa shape index (κ3) is 2.39. The highest BCUT2D eigenvalue weighted by atomic mass is 79.9. The zero-order valence-corrected chi connectivity index (χ0v) is 11.1. The SMILES string of the molecule is OC(Cc1ccc(Br)cn1)C1CC2CCC1O2. The highest BCUT2D eigenvalue weighted by Crippen LogP contribution is 2.40. The van der Waals surface area contributed by atoms with Gasteiger partial charge < -0.3 is 9.84 Å². The number of aliphatic hydroxyl groups is 1. The standard InChI is InChI=1S/C13H16BrNO2/c14-8-1-2-9(15-7-8)5-12(16)11-6-10-3-4-13(11)17-10/h1-2,7,10-13,16H,3-6H2. The van der Waals surface area contributed by atoms with Crippen LogP contribution in [-0.4, -0.2) is 28.4 Å². The summed E-state index contributed by atoms with van der Waals surface area (Å²) in [5.41, 5.74) is 0.948. The molecule has 0 aromatic carbocycles. The molecule has 0 spiro atoms. The van der Waals surface area contributed by atoms with Gasteiger partial charge in [0, 0.05) is 28.7 Å². The van der Waals surface area contributed by atoms with E-state index >= 15 is 0 Å². The lowest BCUT2D eigenvalue weighted by Crippen LogP contribution is -2.31. The lowest BCUT2D eigenvalue weighted by Gasteiger charge is -2.23. The van der Waals surface area contributed by atoms with Gasteiger partial charge in [0.1, 0.15) is 0 Å². The summed E-state index contributed by atoms with van der Waals surface area (Å²) in [5.74, 6) is 0.305. The van der Waals surface area contributed by atoms with E-state index in [1.807, 2.05) is 12.1 Å². The van der Waals surface area contributed by atoms with E-state index < -0.39 is 0 Å². The number of ether oxygens (including phenoxy) is 1. The number of pyridine rings is 1. The van der Waals surface area contributed by atoms with Crippen LogP contribution >= 0.6 is 15.9 Å². The largest absolute Gasteiger partial charge is 0.392 e. The van der Waals surface area contributed by atoms with Gasteiger partial charge in [0.15, 0.2) is 0 Å². The third-order valence-corrected chi connectivity index (χ3v) is 4.32. The second-order valence-corrected chi connectivity index (χ2v) is 5.93. The van der Waals surface area contributed by atoms with Gasteiger partial charge in [-0.1, -0.05) is 0 Å². The molecule has 0 aliphatic carbocycles. The fourth-order valence-electron chi connectivity index (χ4n) is 2.97. The Labute approximate surface area is 109 Å². The van der Waals surface area contributed by atoms with E-state index in [2.05, 4.69) is 20.9 Å². The molecule has 4 atom stereocenters. The number of hydrogen-bond donors (Lipinski definition) is 1. The van der Waals surface area contributed by atoms with Gasteiger partial charge >= 0.3 is 0 Å². The molecule has 4 heteroatoms. The van der Waals surface area contributed by atoms with Crippen molar-refractivity contribution in [3.05, 3.63) is 28.5 Å². The number of aliphatic hydroxyl groups excluding tert-OH is 1. The molecular weight excluding hydrogens is 282 g/mol. The molecule has 1 N–H and O–H groups in total. The molecule has 1 aromatic rings. The molecule has 2 aliphatic rings. The van der Waals surface area contributed by atoms with Crippen molar-refractivity contribution in [1.82, 2.24) is 4.98 Å². The Balaban J connectivity index is 1.63. The lowest BCUT2D eigenvalue weighted by molar-refractivity contribution is 0.0427. The molecule has 1 aromatic heterocycles. The zero-order valence-electron chi connectivity index (χ0n) is 9.55. The van der Waals surface area contributed by atoms with Crippen LogP contribution in [0.3, 0.4) is 0 Å². The smallest absolute Gasteiger partial charge is 0.0649 e. The van der Waals surface area contributed by atoms with Crippen molar-refractivity contribution in [3.63, 3.8) is 0 Å². The zero-order chi connectivity index (χ0) is 11.8. The first-order chi connectivity index (χ1) is 8.22. The van der Waals surface area contributed by atoms with Crippen LogP contribution in [0.2, 0.25) is 0 Å². The molecule has 2 aliphatic heterocycles. The Morgan fingerprint density at radius 1 is 1.47 bits per heavy atom. The van der Waals surface area contributed by atoms with Crippen molar-refractivity contribution in [1.29, 1.82) is 0 Å². The van der Waals surface area contributed by atoms with E-state index in [-0.39, 0.29) is 12.2 Å². The van der Waals surface area contributed by atoms with E-state index in [0.717, 1.165) is 23.0 Å². The minimum atomic E-state index is -0.320. The number of rotatable bonds is 3. The van der Waals surface area contributed by atoms with Crippen LogP contribution in [0, 0.1) is 5.92 Å². The van der Waals surface area contributed by atoms with E-state index in [1.54, 1.807) is 6.20 Å². The quantitative estimate of drug-likeness (QED) is 0.931. The Kier molecular flexibility index (Phi) is 3.19. The molecule has 4 unspecified atom stereocenters. The summed E-state index contributed by atoms with van der Waals surface area (Å²) in [5, 5.41) is 10.3.